The molecule has 0 saturated heterocycles. The van der Waals surface area contributed by atoms with Gasteiger partial charge in [0.25, 0.3) is 0 Å². The van der Waals surface area contributed by atoms with E-state index < -0.39 is 0 Å². The molecular formula is C22H20ClNO2S. The molecule has 27 heavy (non-hydrogen) atoms. The van der Waals surface area contributed by atoms with Gasteiger partial charge in [0.1, 0.15) is 23.1 Å². The molecule has 0 spiro atoms. The van der Waals surface area contributed by atoms with E-state index in [2.05, 4.69) is 5.32 Å². The summed E-state index contributed by atoms with van der Waals surface area (Å²) in [6.45, 7) is 1.11. The highest BCUT2D eigenvalue weighted by molar-refractivity contribution is 7.80. The lowest BCUT2D eigenvalue weighted by molar-refractivity contribution is 0.306. The number of benzene rings is 3. The number of thiocarbonyl (C=S) groups is 1. The summed E-state index contributed by atoms with van der Waals surface area (Å²) in [4.78, 5) is 0.676. The molecule has 0 fully saturated rings. The lowest BCUT2D eigenvalue weighted by Gasteiger charge is -2.11. The van der Waals surface area contributed by atoms with Crippen LogP contribution in [-0.2, 0) is 13.2 Å². The summed E-state index contributed by atoms with van der Waals surface area (Å²) in [7, 11) is 1.66. The zero-order chi connectivity index (χ0) is 19.1. The van der Waals surface area contributed by atoms with Crippen molar-refractivity contribution in [3.8, 4) is 11.5 Å². The minimum Gasteiger partial charge on any atom is -0.497 e. The van der Waals surface area contributed by atoms with Crippen LogP contribution >= 0.6 is 23.8 Å². The summed E-state index contributed by atoms with van der Waals surface area (Å²) in [5, 5.41) is 4.00. The molecule has 0 radical (unpaired) electrons. The number of halogens is 1. The predicted molar refractivity (Wildman–Crippen MR) is 114 cm³/mol. The van der Waals surface area contributed by atoms with E-state index in [-0.39, 0.29) is 0 Å². The molecule has 0 aromatic heterocycles. The Hall–Kier alpha value is -2.56. The van der Waals surface area contributed by atoms with Crippen LogP contribution in [0.2, 0.25) is 5.02 Å². The largest absolute Gasteiger partial charge is 0.497 e. The maximum absolute atomic E-state index is 5.91. The molecule has 138 valence electrons. The Balaban J connectivity index is 1.58. The van der Waals surface area contributed by atoms with Gasteiger partial charge in [0.15, 0.2) is 0 Å². The van der Waals surface area contributed by atoms with Crippen LogP contribution in [0.4, 0.5) is 0 Å². The zero-order valence-electron chi connectivity index (χ0n) is 14.9. The molecule has 0 aliphatic rings. The highest BCUT2D eigenvalue weighted by Crippen LogP contribution is 2.17. The van der Waals surface area contributed by atoms with Crippen molar-refractivity contribution in [2.75, 3.05) is 7.11 Å². The highest BCUT2D eigenvalue weighted by atomic mass is 35.5. The molecule has 1 N–H and O–H groups in total. The Morgan fingerprint density at radius 2 is 1.67 bits per heavy atom. The second-order valence-electron chi connectivity index (χ2n) is 5.98. The van der Waals surface area contributed by atoms with Gasteiger partial charge in [0, 0.05) is 17.1 Å². The summed E-state index contributed by atoms with van der Waals surface area (Å²) in [5.74, 6) is 1.60. The van der Waals surface area contributed by atoms with Gasteiger partial charge in [-0.1, -0.05) is 60.2 Å². The molecule has 0 bridgehead atoms. The summed E-state index contributed by atoms with van der Waals surface area (Å²) >= 11 is 11.4. The third-order valence-corrected chi connectivity index (χ3v) is 4.63. The van der Waals surface area contributed by atoms with Crippen molar-refractivity contribution in [1.29, 1.82) is 0 Å². The summed E-state index contributed by atoms with van der Waals surface area (Å²) in [6, 6.07) is 23.3. The van der Waals surface area contributed by atoms with Gasteiger partial charge in [-0.05, 0) is 47.5 Å². The second-order valence-corrected chi connectivity index (χ2v) is 6.82. The lowest BCUT2D eigenvalue weighted by Crippen LogP contribution is -2.21. The number of nitrogens with one attached hydrogen (secondary N) is 1. The Morgan fingerprint density at radius 3 is 2.44 bits per heavy atom. The first kappa shape index (κ1) is 19.2. The van der Waals surface area contributed by atoms with Crippen molar-refractivity contribution in [2.45, 2.75) is 13.2 Å². The SMILES string of the molecule is COc1cccc(CNC(=S)c2cccc(OCc3ccc(Cl)cc3)c2)c1. The topological polar surface area (TPSA) is 30.5 Å². The van der Waals surface area contributed by atoms with Crippen LogP contribution in [0.15, 0.2) is 72.8 Å². The summed E-state index contributed by atoms with van der Waals surface area (Å²) < 4.78 is 11.1. The van der Waals surface area contributed by atoms with Crippen LogP contribution in [-0.4, -0.2) is 12.1 Å². The van der Waals surface area contributed by atoms with E-state index in [1.165, 1.54) is 0 Å². The first-order valence-corrected chi connectivity index (χ1v) is 9.31. The standard InChI is InChI=1S/C22H20ClNO2S/c1-25-20-6-2-4-17(12-20)14-24-22(27)18-5-3-7-21(13-18)26-15-16-8-10-19(23)11-9-16/h2-13H,14-15H2,1H3,(H,24,27). The number of hydrogen-bond donors (Lipinski definition) is 1. The molecule has 0 unspecified atom stereocenters. The van der Waals surface area contributed by atoms with Crippen molar-refractivity contribution in [2.24, 2.45) is 0 Å². The van der Waals surface area contributed by atoms with Crippen LogP contribution in [0.3, 0.4) is 0 Å². The lowest BCUT2D eigenvalue weighted by atomic mass is 10.2. The first-order chi connectivity index (χ1) is 13.1. The molecule has 3 aromatic carbocycles. The Kier molecular flexibility index (Phi) is 6.69. The van der Waals surface area contributed by atoms with Crippen molar-refractivity contribution >= 4 is 28.8 Å². The van der Waals surface area contributed by atoms with E-state index in [9.17, 15) is 0 Å². The van der Waals surface area contributed by atoms with Gasteiger partial charge in [-0.2, -0.15) is 0 Å². The van der Waals surface area contributed by atoms with Crippen molar-refractivity contribution < 1.29 is 9.47 Å². The first-order valence-electron chi connectivity index (χ1n) is 8.52. The van der Waals surface area contributed by atoms with Crippen molar-refractivity contribution in [3.05, 3.63) is 94.5 Å². The number of ether oxygens (including phenoxy) is 2. The van der Waals surface area contributed by atoms with Gasteiger partial charge in [0.05, 0.1) is 7.11 Å². The smallest absolute Gasteiger partial charge is 0.120 e. The van der Waals surface area contributed by atoms with Crippen LogP contribution in [0, 0.1) is 0 Å². The van der Waals surface area contributed by atoms with E-state index >= 15 is 0 Å². The fourth-order valence-corrected chi connectivity index (χ4v) is 2.87. The van der Waals surface area contributed by atoms with Gasteiger partial charge >= 0.3 is 0 Å². The van der Waals surface area contributed by atoms with E-state index in [1.54, 1.807) is 7.11 Å². The maximum atomic E-state index is 5.91. The Bertz CT molecular complexity index is 912. The van der Waals surface area contributed by atoms with Crippen LogP contribution in [0.5, 0.6) is 11.5 Å². The van der Waals surface area contributed by atoms with E-state index in [1.807, 2.05) is 72.8 Å². The van der Waals surface area contributed by atoms with E-state index in [4.69, 9.17) is 33.3 Å². The molecule has 0 amide bonds. The van der Waals surface area contributed by atoms with Crippen LogP contribution in [0.25, 0.3) is 0 Å². The molecule has 0 aliphatic carbocycles. The quantitative estimate of drug-likeness (QED) is 0.541. The van der Waals surface area contributed by atoms with E-state index in [0.29, 0.717) is 23.2 Å². The molecule has 0 saturated carbocycles. The summed E-state index contributed by atoms with van der Waals surface area (Å²) in [6.07, 6.45) is 0. The Morgan fingerprint density at radius 1 is 0.926 bits per heavy atom. The molecule has 5 heteroatoms. The third kappa shape index (κ3) is 5.71. The molecule has 3 rings (SSSR count). The van der Waals surface area contributed by atoms with E-state index in [0.717, 1.165) is 28.2 Å². The number of methoxy groups -OCH3 is 1. The van der Waals surface area contributed by atoms with Crippen LogP contribution < -0.4 is 14.8 Å². The molecule has 3 nitrogen and oxygen atoms in total. The molecule has 3 aromatic rings. The molecule has 0 aliphatic heterocycles. The minimum atomic E-state index is 0.477. The predicted octanol–water partition coefficient (Wildman–Crippen LogP) is 5.39. The molecule has 0 heterocycles. The highest BCUT2D eigenvalue weighted by Gasteiger charge is 2.04. The fourth-order valence-electron chi connectivity index (χ4n) is 2.54. The van der Waals surface area contributed by atoms with Gasteiger partial charge in [-0.3, -0.25) is 0 Å². The zero-order valence-corrected chi connectivity index (χ0v) is 16.5. The fraction of sp³-hybridized carbons (Fsp3) is 0.136. The maximum Gasteiger partial charge on any atom is 0.120 e. The monoisotopic (exact) mass is 397 g/mol. The Labute approximate surface area is 169 Å². The molecule has 0 atom stereocenters. The summed E-state index contributed by atoms with van der Waals surface area (Å²) in [5.41, 5.74) is 3.08. The van der Waals surface area contributed by atoms with Crippen molar-refractivity contribution in [1.82, 2.24) is 5.32 Å². The second kappa shape index (κ2) is 9.40. The average Bonchev–Trinajstić information content (AvgIpc) is 2.72. The normalized spacial score (nSPS) is 10.3. The van der Waals surface area contributed by atoms with Crippen molar-refractivity contribution in [3.63, 3.8) is 0 Å². The number of rotatable bonds is 7. The molecular weight excluding hydrogens is 378 g/mol. The number of hydrogen-bond acceptors (Lipinski definition) is 3. The van der Waals surface area contributed by atoms with Gasteiger partial charge in [0.2, 0.25) is 0 Å². The average molecular weight is 398 g/mol. The van der Waals surface area contributed by atoms with Gasteiger partial charge in [-0.25, -0.2) is 0 Å². The third-order valence-electron chi connectivity index (χ3n) is 4.00. The van der Waals surface area contributed by atoms with Gasteiger partial charge < -0.3 is 14.8 Å². The van der Waals surface area contributed by atoms with Crippen LogP contribution in [0.1, 0.15) is 16.7 Å². The van der Waals surface area contributed by atoms with Gasteiger partial charge in [-0.15, -0.1) is 0 Å². The minimum absolute atomic E-state index is 0.477.